The number of azo groups is 1. The van der Waals surface area contributed by atoms with Crippen molar-refractivity contribution in [3.05, 3.63) is 0 Å². The van der Waals surface area contributed by atoms with Crippen LogP contribution in [0.4, 0.5) is 0 Å². The molecule has 0 aliphatic rings. The van der Waals surface area contributed by atoms with Crippen LogP contribution in [-0.4, -0.2) is 31.1 Å². The molecule has 0 rings (SSSR count). The fourth-order valence-electron chi connectivity index (χ4n) is 1.27. The SMILES string of the molecule is COC(C)(C)CC(C)(/N=N/C(C)(C)C)OC. The lowest BCUT2D eigenvalue weighted by Gasteiger charge is -2.32. The van der Waals surface area contributed by atoms with Gasteiger partial charge in [-0.05, 0) is 41.5 Å². The first-order valence-electron chi connectivity index (χ1n) is 5.58. The first-order chi connectivity index (χ1) is 7.04. The van der Waals surface area contributed by atoms with E-state index in [1.165, 1.54) is 0 Å². The standard InChI is InChI=1S/C12H26N2O2/c1-10(2,3)13-14-12(6,16-8)9-11(4,5)15-7/h9H2,1-8H3/b14-13+. The van der Waals surface area contributed by atoms with Gasteiger partial charge in [-0.15, -0.1) is 0 Å². The molecule has 0 saturated heterocycles. The molecule has 96 valence electrons. The minimum Gasteiger partial charge on any atom is -0.379 e. The van der Waals surface area contributed by atoms with Crippen molar-refractivity contribution in [1.82, 2.24) is 0 Å². The van der Waals surface area contributed by atoms with Crippen LogP contribution in [-0.2, 0) is 9.47 Å². The average Bonchev–Trinajstić information content (AvgIpc) is 2.13. The number of methoxy groups -OCH3 is 2. The molecule has 0 radical (unpaired) electrons. The lowest BCUT2D eigenvalue weighted by molar-refractivity contribution is -0.0783. The maximum Gasteiger partial charge on any atom is 0.178 e. The quantitative estimate of drug-likeness (QED) is 0.679. The molecule has 16 heavy (non-hydrogen) atoms. The minimum atomic E-state index is -0.632. The Bertz CT molecular complexity index is 244. The number of ether oxygens (including phenoxy) is 2. The molecule has 0 N–H and O–H groups in total. The van der Waals surface area contributed by atoms with Crippen LogP contribution in [0.25, 0.3) is 0 Å². The van der Waals surface area contributed by atoms with Crippen LogP contribution in [0.3, 0.4) is 0 Å². The van der Waals surface area contributed by atoms with Gasteiger partial charge in [0, 0.05) is 20.6 Å². The Morgan fingerprint density at radius 2 is 1.31 bits per heavy atom. The largest absolute Gasteiger partial charge is 0.379 e. The van der Waals surface area contributed by atoms with Crippen molar-refractivity contribution >= 4 is 0 Å². The van der Waals surface area contributed by atoms with Gasteiger partial charge in [-0.25, -0.2) is 0 Å². The van der Waals surface area contributed by atoms with E-state index in [0.717, 1.165) is 0 Å². The van der Waals surface area contributed by atoms with Crippen molar-refractivity contribution in [1.29, 1.82) is 0 Å². The Kier molecular flexibility index (Phi) is 5.08. The van der Waals surface area contributed by atoms with Crippen molar-refractivity contribution in [3.8, 4) is 0 Å². The third-order valence-corrected chi connectivity index (χ3v) is 2.31. The van der Waals surface area contributed by atoms with Gasteiger partial charge in [0.15, 0.2) is 5.72 Å². The summed E-state index contributed by atoms with van der Waals surface area (Å²) in [4.78, 5) is 0. The topological polar surface area (TPSA) is 43.2 Å². The molecule has 4 nitrogen and oxygen atoms in total. The van der Waals surface area contributed by atoms with Crippen molar-refractivity contribution < 1.29 is 9.47 Å². The summed E-state index contributed by atoms with van der Waals surface area (Å²) >= 11 is 0. The number of hydrogen-bond donors (Lipinski definition) is 0. The smallest absolute Gasteiger partial charge is 0.178 e. The molecule has 0 spiro atoms. The molecule has 4 heteroatoms. The number of hydrogen-bond acceptors (Lipinski definition) is 4. The highest BCUT2D eigenvalue weighted by Gasteiger charge is 2.33. The summed E-state index contributed by atoms with van der Waals surface area (Å²) in [7, 11) is 3.34. The van der Waals surface area contributed by atoms with Gasteiger partial charge in [-0.2, -0.15) is 10.2 Å². The molecule has 0 bridgehead atoms. The third-order valence-electron chi connectivity index (χ3n) is 2.31. The predicted molar refractivity (Wildman–Crippen MR) is 65.7 cm³/mol. The molecule has 1 unspecified atom stereocenters. The average molecular weight is 230 g/mol. The summed E-state index contributed by atoms with van der Waals surface area (Å²) in [6.07, 6.45) is 0.659. The van der Waals surface area contributed by atoms with E-state index in [1.54, 1.807) is 14.2 Å². The van der Waals surface area contributed by atoms with E-state index in [2.05, 4.69) is 10.2 Å². The van der Waals surface area contributed by atoms with Crippen LogP contribution < -0.4 is 0 Å². The Morgan fingerprint density at radius 3 is 1.62 bits per heavy atom. The Morgan fingerprint density at radius 1 is 0.812 bits per heavy atom. The summed E-state index contributed by atoms with van der Waals surface area (Å²) < 4.78 is 10.8. The van der Waals surface area contributed by atoms with E-state index in [0.29, 0.717) is 6.42 Å². The molecule has 1 atom stereocenters. The zero-order valence-electron chi connectivity index (χ0n) is 11.9. The first-order valence-corrected chi connectivity index (χ1v) is 5.58. The zero-order valence-corrected chi connectivity index (χ0v) is 11.9. The van der Waals surface area contributed by atoms with Gasteiger partial charge in [0.05, 0.1) is 11.1 Å². The first kappa shape index (κ1) is 15.5. The van der Waals surface area contributed by atoms with Gasteiger partial charge in [-0.1, -0.05) is 0 Å². The second kappa shape index (κ2) is 5.23. The highest BCUT2D eigenvalue weighted by molar-refractivity contribution is 4.82. The van der Waals surface area contributed by atoms with E-state index < -0.39 is 5.72 Å². The van der Waals surface area contributed by atoms with Crippen LogP contribution in [0.2, 0.25) is 0 Å². The monoisotopic (exact) mass is 230 g/mol. The fraction of sp³-hybridized carbons (Fsp3) is 1.00. The number of rotatable bonds is 5. The summed E-state index contributed by atoms with van der Waals surface area (Å²) in [6, 6.07) is 0. The van der Waals surface area contributed by atoms with Crippen molar-refractivity contribution in [3.63, 3.8) is 0 Å². The summed E-state index contributed by atoms with van der Waals surface area (Å²) in [5.41, 5.74) is -1.09. The van der Waals surface area contributed by atoms with E-state index in [-0.39, 0.29) is 11.1 Å². The van der Waals surface area contributed by atoms with Gasteiger partial charge in [0.2, 0.25) is 0 Å². The highest BCUT2D eigenvalue weighted by Crippen LogP contribution is 2.28. The second-order valence-electron chi connectivity index (χ2n) is 5.89. The predicted octanol–water partition coefficient (Wildman–Crippen LogP) is 3.41. The molecule has 0 heterocycles. The summed E-state index contributed by atoms with van der Waals surface area (Å²) in [6.45, 7) is 12.0. The maximum absolute atomic E-state index is 5.43. The fourth-order valence-corrected chi connectivity index (χ4v) is 1.27. The molecule has 0 aromatic rings. The van der Waals surface area contributed by atoms with E-state index in [4.69, 9.17) is 9.47 Å². The van der Waals surface area contributed by atoms with Crippen LogP contribution in [0.1, 0.15) is 48.0 Å². The van der Waals surface area contributed by atoms with E-state index >= 15 is 0 Å². The molecule has 0 aliphatic heterocycles. The molecule has 0 amide bonds. The second-order valence-corrected chi connectivity index (χ2v) is 5.89. The maximum atomic E-state index is 5.43. The van der Waals surface area contributed by atoms with E-state index in [1.807, 2.05) is 41.5 Å². The molecule has 0 aromatic carbocycles. The van der Waals surface area contributed by atoms with Crippen LogP contribution in [0, 0.1) is 0 Å². The Balaban J connectivity index is 4.74. The molecule has 0 aromatic heterocycles. The molecule has 0 fully saturated rings. The minimum absolute atomic E-state index is 0.184. The van der Waals surface area contributed by atoms with Gasteiger partial charge >= 0.3 is 0 Å². The van der Waals surface area contributed by atoms with Crippen LogP contribution in [0.15, 0.2) is 10.2 Å². The zero-order chi connectivity index (χ0) is 13.0. The van der Waals surface area contributed by atoms with Crippen molar-refractivity contribution in [2.45, 2.75) is 64.8 Å². The van der Waals surface area contributed by atoms with Gasteiger partial charge in [0.1, 0.15) is 0 Å². The molecular formula is C12H26N2O2. The van der Waals surface area contributed by atoms with Gasteiger partial charge in [-0.3, -0.25) is 0 Å². The molecule has 0 aliphatic carbocycles. The lowest BCUT2D eigenvalue weighted by Crippen LogP contribution is -2.37. The van der Waals surface area contributed by atoms with Crippen molar-refractivity contribution in [2.75, 3.05) is 14.2 Å². The molecule has 0 saturated carbocycles. The molecular weight excluding hydrogens is 204 g/mol. The Labute approximate surface area is 99.4 Å². The van der Waals surface area contributed by atoms with Crippen molar-refractivity contribution in [2.24, 2.45) is 10.2 Å². The van der Waals surface area contributed by atoms with Gasteiger partial charge < -0.3 is 9.47 Å². The van der Waals surface area contributed by atoms with Gasteiger partial charge in [0.25, 0.3) is 0 Å². The van der Waals surface area contributed by atoms with E-state index in [9.17, 15) is 0 Å². The third kappa shape index (κ3) is 6.18. The highest BCUT2D eigenvalue weighted by atomic mass is 16.5. The number of nitrogens with zero attached hydrogens (tertiary/aromatic N) is 2. The summed E-state index contributed by atoms with van der Waals surface area (Å²) in [5, 5.41) is 8.56. The van der Waals surface area contributed by atoms with Crippen LogP contribution in [0.5, 0.6) is 0 Å². The normalized spacial score (nSPS) is 17.8. The summed E-state index contributed by atoms with van der Waals surface area (Å²) in [5.74, 6) is 0. The van der Waals surface area contributed by atoms with Crippen LogP contribution >= 0.6 is 0 Å². The lowest BCUT2D eigenvalue weighted by atomic mass is 9.97. The Hall–Kier alpha value is -0.480.